The fourth-order valence-corrected chi connectivity index (χ4v) is 1.27. The minimum Gasteiger partial charge on any atom is -0.411 e. The third-order valence-electron chi connectivity index (χ3n) is 1.93. The molecule has 1 aliphatic rings. The molecule has 0 spiro atoms. The molecule has 0 saturated carbocycles. The molecule has 1 fully saturated rings. The fourth-order valence-electron chi connectivity index (χ4n) is 1.27. The standard InChI is InChI=1S/C7H14N2O.ClH/c1-2-9-5-3-4-7(6-9)8-10;/h10H,2-6H2,1H3;1H/b8-7-;. The molecular weight excluding hydrogens is 164 g/mol. The van der Waals surface area contributed by atoms with Gasteiger partial charge in [-0.05, 0) is 25.9 Å². The number of oxime groups is 1. The molecule has 0 aliphatic carbocycles. The van der Waals surface area contributed by atoms with E-state index in [1.165, 1.54) is 0 Å². The Morgan fingerprint density at radius 1 is 1.64 bits per heavy atom. The normalized spacial score (nSPS) is 23.2. The zero-order chi connectivity index (χ0) is 7.40. The van der Waals surface area contributed by atoms with Gasteiger partial charge in [-0.2, -0.15) is 0 Å². The van der Waals surface area contributed by atoms with Gasteiger partial charge in [0.1, 0.15) is 0 Å². The zero-order valence-electron chi connectivity index (χ0n) is 6.79. The Bertz CT molecular complexity index is 138. The van der Waals surface area contributed by atoms with E-state index in [4.69, 9.17) is 5.21 Å². The number of likely N-dealkylation sites (tertiary alicyclic amines) is 1. The highest BCUT2D eigenvalue weighted by Gasteiger charge is 2.13. The predicted octanol–water partition coefficient (Wildman–Crippen LogP) is 1.35. The second-order valence-electron chi connectivity index (χ2n) is 2.64. The Balaban J connectivity index is 0.000001000. The molecule has 0 radical (unpaired) electrons. The summed E-state index contributed by atoms with van der Waals surface area (Å²) < 4.78 is 0. The lowest BCUT2D eigenvalue weighted by Crippen LogP contribution is -2.35. The van der Waals surface area contributed by atoms with Gasteiger partial charge in [0.15, 0.2) is 0 Å². The molecule has 1 saturated heterocycles. The smallest absolute Gasteiger partial charge is 0.0711 e. The van der Waals surface area contributed by atoms with Crippen LogP contribution in [-0.4, -0.2) is 35.5 Å². The molecule has 0 bridgehead atoms. The number of rotatable bonds is 1. The van der Waals surface area contributed by atoms with E-state index in [0.29, 0.717) is 0 Å². The van der Waals surface area contributed by atoms with Gasteiger partial charge in [0, 0.05) is 6.54 Å². The molecule has 0 aromatic carbocycles. The molecule has 1 N–H and O–H groups in total. The minimum atomic E-state index is 0. The van der Waals surface area contributed by atoms with Crippen LogP contribution in [0.5, 0.6) is 0 Å². The molecule has 1 aliphatic heterocycles. The molecule has 66 valence electrons. The molecule has 4 heteroatoms. The van der Waals surface area contributed by atoms with Crippen molar-refractivity contribution in [2.45, 2.75) is 19.8 Å². The molecule has 0 unspecified atom stereocenters. The third kappa shape index (κ3) is 3.08. The highest BCUT2D eigenvalue weighted by molar-refractivity contribution is 5.86. The van der Waals surface area contributed by atoms with Crippen molar-refractivity contribution in [1.29, 1.82) is 0 Å². The van der Waals surface area contributed by atoms with Crippen LogP contribution in [0.25, 0.3) is 0 Å². The van der Waals surface area contributed by atoms with E-state index in [9.17, 15) is 0 Å². The molecule has 0 amide bonds. The summed E-state index contributed by atoms with van der Waals surface area (Å²) in [5, 5.41) is 11.7. The summed E-state index contributed by atoms with van der Waals surface area (Å²) in [6.07, 6.45) is 2.10. The van der Waals surface area contributed by atoms with Gasteiger partial charge in [0.2, 0.25) is 0 Å². The number of hydrogen-bond acceptors (Lipinski definition) is 3. The topological polar surface area (TPSA) is 35.8 Å². The Morgan fingerprint density at radius 2 is 2.36 bits per heavy atom. The monoisotopic (exact) mass is 178 g/mol. The Hall–Kier alpha value is -0.280. The van der Waals surface area contributed by atoms with Crippen molar-refractivity contribution in [2.75, 3.05) is 19.6 Å². The average Bonchev–Trinajstić information content (AvgIpc) is 2.05. The van der Waals surface area contributed by atoms with E-state index in [-0.39, 0.29) is 12.4 Å². The molecule has 1 rings (SSSR count). The number of hydrogen-bond donors (Lipinski definition) is 1. The fraction of sp³-hybridized carbons (Fsp3) is 0.857. The first-order valence-electron chi connectivity index (χ1n) is 3.79. The summed E-state index contributed by atoms with van der Waals surface area (Å²) in [4.78, 5) is 2.28. The van der Waals surface area contributed by atoms with E-state index in [0.717, 1.165) is 38.2 Å². The lowest BCUT2D eigenvalue weighted by Gasteiger charge is -2.25. The highest BCUT2D eigenvalue weighted by atomic mass is 35.5. The first-order valence-corrected chi connectivity index (χ1v) is 3.79. The lowest BCUT2D eigenvalue weighted by atomic mass is 10.1. The van der Waals surface area contributed by atoms with Crippen LogP contribution in [0.4, 0.5) is 0 Å². The first kappa shape index (κ1) is 10.7. The largest absolute Gasteiger partial charge is 0.411 e. The van der Waals surface area contributed by atoms with Gasteiger partial charge in [0.25, 0.3) is 0 Å². The molecule has 0 atom stereocenters. The summed E-state index contributed by atoms with van der Waals surface area (Å²) in [6.45, 7) is 5.18. The Morgan fingerprint density at radius 3 is 2.91 bits per heavy atom. The first-order chi connectivity index (χ1) is 4.86. The molecule has 11 heavy (non-hydrogen) atoms. The maximum atomic E-state index is 8.47. The summed E-state index contributed by atoms with van der Waals surface area (Å²) in [5.74, 6) is 0. The van der Waals surface area contributed by atoms with Crippen LogP contribution in [-0.2, 0) is 0 Å². The maximum absolute atomic E-state index is 8.47. The van der Waals surface area contributed by atoms with Crippen LogP contribution < -0.4 is 0 Å². The van der Waals surface area contributed by atoms with Crippen LogP contribution in [0.1, 0.15) is 19.8 Å². The van der Waals surface area contributed by atoms with Crippen LogP contribution in [0.15, 0.2) is 5.16 Å². The Labute approximate surface area is 73.5 Å². The van der Waals surface area contributed by atoms with Crippen molar-refractivity contribution in [3.8, 4) is 0 Å². The van der Waals surface area contributed by atoms with E-state index in [1.807, 2.05) is 0 Å². The van der Waals surface area contributed by atoms with E-state index < -0.39 is 0 Å². The van der Waals surface area contributed by atoms with Gasteiger partial charge in [-0.15, -0.1) is 12.4 Å². The van der Waals surface area contributed by atoms with Crippen molar-refractivity contribution in [2.24, 2.45) is 5.16 Å². The van der Waals surface area contributed by atoms with Gasteiger partial charge >= 0.3 is 0 Å². The molecule has 3 nitrogen and oxygen atoms in total. The highest BCUT2D eigenvalue weighted by Crippen LogP contribution is 2.05. The van der Waals surface area contributed by atoms with Crippen molar-refractivity contribution >= 4 is 18.1 Å². The van der Waals surface area contributed by atoms with Gasteiger partial charge in [-0.1, -0.05) is 12.1 Å². The summed E-state index contributed by atoms with van der Waals surface area (Å²) in [6, 6.07) is 0. The summed E-state index contributed by atoms with van der Waals surface area (Å²) in [7, 11) is 0. The molecular formula is C7H15ClN2O. The number of halogens is 1. The predicted molar refractivity (Wildman–Crippen MR) is 47.8 cm³/mol. The zero-order valence-corrected chi connectivity index (χ0v) is 7.60. The van der Waals surface area contributed by atoms with Crippen molar-refractivity contribution < 1.29 is 5.21 Å². The van der Waals surface area contributed by atoms with Crippen LogP contribution >= 0.6 is 12.4 Å². The second-order valence-corrected chi connectivity index (χ2v) is 2.64. The maximum Gasteiger partial charge on any atom is 0.0711 e. The minimum absolute atomic E-state index is 0. The number of piperidine rings is 1. The third-order valence-corrected chi connectivity index (χ3v) is 1.93. The average molecular weight is 179 g/mol. The van der Waals surface area contributed by atoms with E-state index in [1.54, 1.807) is 0 Å². The van der Waals surface area contributed by atoms with Crippen LogP contribution in [0.3, 0.4) is 0 Å². The molecule has 0 aromatic heterocycles. The van der Waals surface area contributed by atoms with Gasteiger partial charge in [-0.3, -0.25) is 4.90 Å². The molecule has 0 aromatic rings. The molecule has 1 heterocycles. The lowest BCUT2D eigenvalue weighted by molar-refractivity contribution is 0.281. The van der Waals surface area contributed by atoms with Gasteiger partial charge < -0.3 is 5.21 Å². The van der Waals surface area contributed by atoms with Crippen molar-refractivity contribution in [1.82, 2.24) is 4.90 Å². The van der Waals surface area contributed by atoms with Crippen molar-refractivity contribution in [3.05, 3.63) is 0 Å². The van der Waals surface area contributed by atoms with Crippen LogP contribution in [0, 0.1) is 0 Å². The van der Waals surface area contributed by atoms with E-state index in [2.05, 4.69) is 17.0 Å². The van der Waals surface area contributed by atoms with E-state index >= 15 is 0 Å². The SMILES string of the molecule is CCN1CCC/C(=N/O)C1.Cl. The summed E-state index contributed by atoms with van der Waals surface area (Å²) in [5.41, 5.74) is 0.924. The Kier molecular flexibility index (Phi) is 5.24. The van der Waals surface area contributed by atoms with Crippen LogP contribution in [0.2, 0.25) is 0 Å². The van der Waals surface area contributed by atoms with Gasteiger partial charge in [0.05, 0.1) is 5.71 Å². The van der Waals surface area contributed by atoms with Crippen molar-refractivity contribution in [3.63, 3.8) is 0 Å². The summed E-state index contributed by atoms with van der Waals surface area (Å²) >= 11 is 0. The second kappa shape index (κ2) is 5.38. The number of nitrogens with zero attached hydrogens (tertiary/aromatic N) is 2. The quantitative estimate of drug-likeness (QED) is 0.486. The van der Waals surface area contributed by atoms with Gasteiger partial charge in [-0.25, -0.2) is 0 Å².